The molecule has 2 heterocycles. The van der Waals surface area contributed by atoms with Gasteiger partial charge in [0.05, 0.1) is 11.5 Å². The van der Waals surface area contributed by atoms with Crippen molar-refractivity contribution >= 4 is 11.9 Å². The predicted molar refractivity (Wildman–Crippen MR) is 78.1 cm³/mol. The Morgan fingerprint density at radius 3 is 2.76 bits per heavy atom. The first-order valence-corrected chi connectivity index (χ1v) is 7.37. The van der Waals surface area contributed by atoms with Crippen molar-refractivity contribution in [2.24, 2.45) is 5.92 Å². The third kappa shape index (κ3) is 2.65. The van der Waals surface area contributed by atoms with Crippen molar-refractivity contribution in [2.75, 3.05) is 26.7 Å². The van der Waals surface area contributed by atoms with E-state index in [1.165, 1.54) is 0 Å². The second kappa shape index (κ2) is 5.48. The number of nitrogens with zero attached hydrogens (tertiary/aromatic N) is 2. The van der Waals surface area contributed by atoms with Gasteiger partial charge in [-0.3, -0.25) is 4.79 Å². The molecular weight excluding hydrogens is 268 g/mol. The highest BCUT2D eigenvalue weighted by atomic mass is 16.4. The Bertz CT molecular complexity index is 585. The van der Waals surface area contributed by atoms with Crippen molar-refractivity contribution in [3.05, 3.63) is 34.9 Å². The highest BCUT2D eigenvalue weighted by Gasteiger charge is 2.32. The Morgan fingerprint density at radius 1 is 1.29 bits per heavy atom. The van der Waals surface area contributed by atoms with E-state index in [1.54, 1.807) is 12.1 Å². The number of likely N-dealkylation sites (tertiary alicyclic amines) is 1. The number of carbonyl (C=O) groups excluding carboxylic acids is 1. The van der Waals surface area contributed by atoms with Crippen LogP contribution in [0.25, 0.3) is 0 Å². The molecule has 1 aromatic carbocycles. The molecule has 2 aliphatic heterocycles. The van der Waals surface area contributed by atoms with Crippen LogP contribution in [0.3, 0.4) is 0 Å². The molecule has 1 fully saturated rings. The molecule has 2 aliphatic rings. The number of fused-ring (bicyclic) bond motifs is 1. The molecule has 5 nitrogen and oxygen atoms in total. The Kier molecular flexibility index (Phi) is 3.68. The van der Waals surface area contributed by atoms with Gasteiger partial charge < -0.3 is 14.9 Å². The summed E-state index contributed by atoms with van der Waals surface area (Å²) in [6, 6.07) is 5.34. The first kappa shape index (κ1) is 14.1. The minimum absolute atomic E-state index is 0.0965. The molecule has 1 amide bonds. The van der Waals surface area contributed by atoms with Gasteiger partial charge in [-0.05, 0) is 43.6 Å². The van der Waals surface area contributed by atoms with E-state index in [-0.39, 0.29) is 11.8 Å². The lowest BCUT2D eigenvalue weighted by Crippen LogP contribution is -2.40. The van der Waals surface area contributed by atoms with Crippen LogP contribution in [-0.2, 0) is 17.8 Å². The van der Waals surface area contributed by atoms with Gasteiger partial charge in [-0.1, -0.05) is 12.1 Å². The van der Waals surface area contributed by atoms with Crippen molar-refractivity contribution in [2.45, 2.75) is 19.4 Å². The Balaban J connectivity index is 1.77. The monoisotopic (exact) mass is 288 g/mol. The largest absolute Gasteiger partial charge is 0.478 e. The summed E-state index contributed by atoms with van der Waals surface area (Å²) in [5.41, 5.74) is 2.23. The molecule has 1 aromatic rings. The normalized spacial score (nSPS) is 22.1. The number of carboxylic acid groups (broad SMARTS) is 1. The van der Waals surface area contributed by atoms with Crippen LogP contribution >= 0.6 is 0 Å². The standard InChI is InChI=1S/C16H20N2O3/c1-17-7-5-12(9-17)15(19)18-8-6-13-11(10-18)3-2-4-14(13)16(20)21/h2-4,12H,5-10H2,1H3,(H,20,21). The molecular formula is C16H20N2O3. The van der Waals surface area contributed by atoms with Gasteiger partial charge >= 0.3 is 5.97 Å². The Morgan fingerprint density at radius 2 is 2.10 bits per heavy atom. The second-order valence-corrected chi connectivity index (χ2v) is 6.01. The Labute approximate surface area is 124 Å². The number of benzene rings is 1. The van der Waals surface area contributed by atoms with Crippen LogP contribution in [0.15, 0.2) is 18.2 Å². The summed E-state index contributed by atoms with van der Waals surface area (Å²) < 4.78 is 0. The first-order valence-electron chi connectivity index (χ1n) is 7.37. The van der Waals surface area contributed by atoms with E-state index in [0.717, 1.165) is 30.6 Å². The fourth-order valence-corrected chi connectivity index (χ4v) is 3.39. The van der Waals surface area contributed by atoms with Gasteiger partial charge in [-0.15, -0.1) is 0 Å². The van der Waals surface area contributed by atoms with Gasteiger partial charge in [0.15, 0.2) is 0 Å². The van der Waals surface area contributed by atoms with Crippen LogP contribution in [0.2, 0.25) is 0 Å². The maximum absolute atomic E-state index is 12.6. The molecule has 112 valence electrons. The minimum Gasteiger partial charge on any atom is -0.478 e. The smallest absolute Gasteiger partial charge is 0.335 e. The number of amides is 1. The quantitative estimate of drug-likeness (QED) is 0.889. The summed E-state index contributed by atoms with van der Waals surface area (Å²) >= 11 is 0. The van der Waals surface area contributed by atoms with Gasteiger partial charge in [-0.2, -0.15) is 0 Å². The molecule has 1 atom stereocenters. The number of aromatic carboxylic acids is 1. The molecule has 1 N–H and O–H groups in total. The van der Waals surface area contributed by atoms with Crippen molar-refractivity contribution < 1.29 is 14.7 Å². The summed E-state index contributed by atoms with van der Waals surface area (Å²) in [5, 5.41) is 9.23. The van der Waals surface area contributed by atoms with E-state index in [0.29, 0.717) is 25.1 Å². The molecule has 0 radical (unpaired) electrons. The predicted octanol–water partition coefficient (Wildman–Crippen LogP) is 1.22. The van der Waals surface area contributed by atoms with E-state index in [2.05, 4.69) is 4.90 Å². The maximum atomic E-state index is 12.6. The highest BCUT2D eigenvalue weighted by molar-refractivity contribution is 5.90. The van der Waals surface area contributed by atoms with Crippen molar-refractivity contribution in [3.63, 3.8) is 0 Å². The molecule has 21 heavy (non-hydrogen) atoms. The zero-order valence-electron chi connectivity index (χ0n) is 12.2. The van der Waals surface area contributed by atoms with Crippen LogP contribution in [-0.4, -0.2) is 53.5 Å². The lowest BCUT2D eigenvalue weighted by Gasteiger charge is -2.31. The highest BCUT2D eigenvalue weighted by Crippen LogP contribution is 2.25. The molecule has 0 spiro atoms. The van der Waals surface area contributed by atoms with Gasteiger partial charge in [0.1, 0.15) is 0 Å². The third-order valence-electron chi connectivity index (χ3n) is 4.55. The lowest BCUT2D eigenvalue weighted by molar-refractivity contribution is -0.136. The fourth-order valence-electron chi connectivity index (χ4n) is 3.39. The van der Waals surface area contributed by atoms with Gasteiger partial charge in [-0.25, -0.2) is 4.79 Å². The van der Waals surface area contributed by atoms with Gasteiger partial charge in [0.2, 0.25) is 5.91 Å². The molecule has 1 saturated heterocycles. The van der Waals surface area contributed by atoms with Crippen molar-refractivity contribution in [1.29, 1.82) is 0 Å². The summed E-state index contributed by atoms with van der Waals surface area (Å²) in [6.45, 7) is 2.97. The van der Waals surface area contributed by atoms with Crippen molar-refractivity contribution in [3.8, 4) is 0 Å². The summed E-state index contributed by atoms with van der Waals surface area (Å²) in [5.74, 6) is -0.575. The zero-order valence-corrected chi connectivity index (χ0v) is 12.2. The van der Waals surface area contributed by atoms with E-state index in [4.69, 9.17) is 0 Å². The van der Waals surface area contributed by atoms with Gasteiger partial charge in [0, 0.05) is 19.6 Å². The molecule has 0 saturated carbocycles. The first-order chi connectivity index (χ1) is 10.1. The number of carbonyl (C=O) groups is 2. The molecule has 0 bridgehead atoms. The van der Waals surface area contributed by atoms with Crippen LogP contribution in [0.1, 0.15) is 27.9 Å². The average Bonchev–Trinajstić information content (AvgIpc) is 2.91. The number of hydrogen-bond donors (Lipinski definition) is 1. The molecule has 3 rings (SSSR count). The van der Waals surface area contributed by atoms with E-state index < -0.39 is 5.97 Å². The summed E-state index contributed by atoms with van der Waals surface area (Å²) in [6.07, 6.45) is 1.56. The van der Waals surface area contributed by atoms with E-state index in [1.807, 2.05) is 18.0 Å². The third-order valence-corrected chi connectivity index (χ3v) is 4.55. The second-order valence-electron chi connectivity index (χ2n) is 6.01. The maximum Gasteiger partial charge on any atom is 0.335 e. The van der Waals surface area contributed by atoms with Gasteiger partial charge in [0.25, 0.3) is 0 Å². The van der Waals surface area contributed by atoms with E-state index in [9.17, 15) is 14.7 Å². The summed E-state index contributed by atoms with van der Waals surface area (Å²) in [4.78, 5) is 27.9. The molecule has 0 aliphatic carbocycles. The summed E-state index contributed by atoms with van der Waals surface area (Å²) in [7, 11) is 2.04. The molecule has 5 heteroatoms. The Hall–Kier alpha value is -1.88. The average molecular weight is 288 g/mol. The topological polar surface area (TPSA) is 60.9 Å². The van der Waals surface area contributed by atoms with Crippen LogP contribution in [0.5, 0.6) is 0 Å². The zero-order chi connectivity index (χ0) is 15.0. The number of hydrogen-bond acceptors (Lipinski definition) is 3. The van der Waals surface area contributed by atoms with Crippen LogP contribution < -0.4 is 0 Å². The fraction of sp³-hybridized carbons (Fsp3) is 0.500. The molecule has 0 aromatic heterocycles. The number of rotatable bonds is 2. The van der Waals surface area contributed by atoms with Crippen molar-refractivity contribution in [1.82, 2.24) is 9.80 Å². The SMILES string of the molecule is CN1CCC(C(=O)N2CCc3c(cccc3C(=O)O)C2)C1. The number of carboxylic acids is 1. The molecule has 1 unspecified atom stereocenters. The van der Waals surface area contributed by atoms with Crippen LogP contribution in [0.4, 0.5) is 0 Å². The van der Waals surface area contributed by atoms with E-state index >= 15 is 0 Å². The minimum atomic E-state index is -0.885. The lowest BCUT2D eigenvalue weighted by atomic mass is 9.93. The van der Waals surface area contributed by atoms with Crippen LogP contribution in [0, 0.1) is 5.92 Å².